The van der Waals surface area contributed by atoms with Crippen molar-refractivity contribution >= 4 is 35.1 Å². The molecule has 0 radical (unpaired) electrons. The van der Waals surface area contributed by atoms with E-state index in [4.69, 9.17) is 0 Å². The van der Waals surface area contributed by atoms with Gasteiger partial charge in [-0.1, -0.05) is 48.5 Å². The van der Waals surface area contributed by atoms with Gasteiger partial charge in [-0.3, -0.25) is 0 Å². The largest absolute Gasteiger partial charge is 0.0623 e. The third-order valence-electron chi connectivity index (χ3n) is 1.65. The molecule has 0 aromatic heterocycles. The van der Waals surface area contributed by atoms with Crippen molar-refractivity contribution in [3.8, 4) is 0 Å². The van der Waals surface area contributed by atoms with Crippen molar-refractivity contribution in [2.75, 3.05) is 24.6 Å². The zero-order valence-corrected chi connectivity index (χ0v) is 12.0. The summed E-state index contributed by atoms with van der Waals surface area (Å²) in [6.07, 6.45) is 5.56. The highest BCUT2D eigenvalue weighted by Gasteiger charge is 2.08. The summed E-state index contributed by atoms with van der Waals surface area (Å²) in [5.74, 6) is 0. The molecular weight excluding hydrogens is 222 g/mol. The molecular formula is C8H20P2S2. The second-order valence-electron chi connectivity index (χ2n) is 2.38. The fourth-order valence-electron chi connectivity index (χ4n) is 0.752. The third kappa shape index (κ3) is 6.08. The SMILES string of the molecule is CCP(CC)SSP(CC)CC. The molecule has 0 aliphatic carbocycles. The van der Waals surface area contributed by atoms with E-state index in [-0.39, 0.29) is 0 Å². The maximum Gasteiger partial charge on any atom is -0.0253 e. The van der Waals surface area contributed by atoms with Crippen LogP contribution in [0.2, 0.25) is 0 Å². The second-order valence-corrected chi connectivity index (χ2v) is 13.8. The van der Waals surface area contributed by atoms with E-state index in [1.807, 2.05) is 0 Å². The topological polar surface area (TPSA) is 0 Å². The maximum atomic E-state index is 2.32. The first kappa shape index (κ1) is 13.6. The smallest absolute Gasteiger partial charge is 0.0253 e. The highest BCUT2D eigenvalue weighted by molar-refractivity contribution is 9.12. The van der Waals surface area contributed by atoms with E-state index in [1.165, 1.54) is 24.6 Å². The van der Waals surface area contributed by atoms with Gasteiger partial charge in [0.25, 0.3) is 0 Å². The van der Waals surface area contributed by atoms with Crippen molar-refractivity contribution in [2.24, 2.45) is 0 Å². The Hall–Kier alpha value is 1.56. The minimum absolute atomic E-state index is 0.296. The Morgan fingerprint density at radius 1 is 0.667 bits per heavy atom. The molecule has 0 rings (SSSR count). The Labute approximate surface area is 87.4 Å². The molecule has 0 bridgehead atoms. The Morgan fingerprint density at radius 2 is 0.917 bits per heavy atom. The van der Waals surface area contributed by atoms with Crippen molar-refractivity contribution in [2.45, 2.75) is 27.7 Å². The zero-order valence-electron chi connectivity index (χ0n) is 8.54. The van der Waals surface area contributed by atoms with E-state index >= 15 is 0 Å². The van der Waals surface area contributed by atoms with Crippen LogP contribution < -0.4 is 0 Å². The van der Waals surface area contributed by atoms with Crippen LogP contribution in [0.1, 0.15) is 27.7 Å². The van der Waals surface area contributed by atoms with Gasteiger partial charge in [-0.2, -0.15) is 0 Å². The van der Waals surface area contributed by atoms with Gasteiger partial charge in [0.05, 0.1) is 0 Å². The van der Waals surface area contributed by atoms with Gasteiger partial charge in [0.2, 0.25) is 0 Å². The summed E-state index contributed by atoms with van der Waals surface area (Å²) in [4.78, 5) is 0. The first-order chi connectivity index (χ1) is 5.78. The minimum Gasteiger partial charge on any atom is -0.0623 e. The van der Waals surface area contributed by atoms with Crippen LogP contribution >= 0.6 is 35.1 Å². The van der Waals surface area contributed by atoms with Crippen LogP contribution in [0, 0.1) is 0 Å². The fourth-order valence-corrected chi connectivity index (χ4v) is 14.7. The van der Waals surface area contributed by atoms with Crippen LogP contribution in [0.25, 0.3) is 0 Å². The monoisotopic (exact) mass is 242 g/mol. The van der Waals surface area contributed by atoms with E-state index in [2.05, 4.69) is 48.5 Å². The van der Waals surface area contributed by atoms with Gasteiger partial charge in [-0.15, -0.1) is 0 Å². The van der Waals surface area contributed by atoms with Crippen LogP contribution in [0.4, 0.5) is 0 Å². The van der Waals surface area contributed by atoms with Gasteiger partial charge in [-0.05, 0) is 38.9 Å². The van der Waals surface area contributed by atoms with Gasteiger partial charge in [0.15, 0.2) is 0 Å². The zero-order chi connectivity index (χ0) is 9.40. The molecule has 0 heterocycles. The van der Waals surface area contributed by atoms with E-state index in [0.29, 0.717) is 14.2 Å². The van der Waals surface area contributed by atoms with Crippen molar-refractivity contribution in [1.82, 2.24) is 0 Å². The summed E-state index contributed by atoms with van der Waals surface area (Å²) in [5.41, 5.74) is 0. The molecule has 0 aliphatic heterocycles. The molecule has 0 aromatic carbocycles. The van der Waals surface area contributed by atoms with Gasteiger partial charge < -0.3 is 0 Å². The summed E-state index contributed by atoms with van der Waals surface area (Å²) in [6.45, 7) is 9.29. The van der Waals surface area contributed by atoms with Crippen molar-refractivity contribution in [3.05, 3.63) is 0 Å². The molecule has 0 unspecified atom stereocenters. The maximum absolute atomic E-state index is 2.32. The average Bonchev–Trinajstić information content (AvgIpc) is 2.13. The predicted molar refractivity (Wildman–Crippen MR) is 71.2 cm³/mol. The molecule has 74 valence electrons. The lowest BCUT2D eigenvalue weighted by Gasteiger charge is -2.16. The molecule has 0 aromatic rings. The quantitative estimate of drug-likeness (QED) is 0.442. The summed E-state index contributed by atoms with van der Waals surface area (Å²) < 4.78 is 0. The Balaban J connectivity index is 3.49. The van der Waals surface area contributed by atoms with Crippen LogP contribution in [-0.4, -0.2) is 24.6 Å². The lowest BCUT2D eigenvalue weighted by Crippen LogP contribution is -1.77. The van der Waals surface area contributed by atoms with E-state index in [0.717, 1.165) is 0 Å². The number of hydrogen-bond donors (Lipinski definition) is 0. The molecule has 0 saturated heterocycles. The first-order valence-electron chi connectivity index (χ1n) is 4.63. The van der Waals surface area contributed by atoms with Crippen molar-refractivity contribution < 1.29 is 0 Å². The van der Waals surface area contributed by atoms with Gasteiger partial charge >= 0.3 is 0 Å². The Morgan fingerprint density at radius 3 is 1.08 bits per heavy atom. The third-order valence-corrected chi connectivity index (χ3v) is 15.7. The van der Waals surface area contributed by atoms with Gasteiger partial charge in [0.1, 0.15) is 0 Å². The van der Waals surface area contributed by atoms with Gasteiger partial charge in [0, 0.05) is 0 Å². The Bertz CT molecular complexity index is 81.1. The summed E-state index contributed by atoms with van der Waals surface area (Å²) in [5, 5.41) is 0. The highest BCUT2D eigenvalue weighted by atomic mass is 33.5. The second kappa shape index (κ2) is 9.13. The van der Waals surface area contributed by atoms with E-state index < -0.39 is 0 Å². The Kier molecular flexibility index (Phi) is 10.3. The van der Waals surface area contributed by atoms with Crippen LogP contribution in [0.5, 0.6) is 0 Å². The fraction of sp³-hybridized carbons (Fsp3) is 1.00. The molecule has 0 fully saturated rings. The summed E-state index contributed by atoms with van der Waals surface area (Å²) in [7, 11) is 4.97. The molecule has 0 aliphatic rings. The van der Waals surface area contributed by atoms with Crippen LogP contribution in [0.15, 0.2) is 0 Å². The van der Waals surface area contributed by atoms with Gasteiger partial charge in [-0.25, -0.2) is 0 Å². The lowest BCUT2D eigenvalue weighted by atomic mass is 11.0. The van der Waals surface area contributed by atoms with E-state index in [9.17, 15) is 0 Å². The average molecular weight is 242 g/mol. The summed E-state index contributed by atoms with van der Waals surface area (Å²) >= 11 is 0. The number of rotatable bonds is 7. The normalized spacial score (nSPS) is 11.5. The number of hydrogen-bond acceptors (Lipinski definition) is 2. The first-order valence-corrected chi connectivity index (χ1v) is 11.4. The standard InChI is InChI=1S/C8H20P2S2/c1-5-9(6-2)11-12-10(7-3)8-4/h5-8H2,1-4H3. The highest BCUT2D eigenvalue weighted by Crippen LogP contribution is 2.67. The van der Waals surface area contributed by atoms with Crippen molar-refractivity contribution in [3.63, 3.8) is 0 Å². The molecule has 0 amide bonds. The molecule has 0 nitrogen and oxygen atoms in total. The van der Waals surface area contributed by atoms with Crippen LogP contribution in [-0.2, 0) is 0 Å². The molecule has 0 spiro atoms. The van der Waals surface area contributed by atoms with Crippen LogP contribution in [0.3, 0.4) is 0 Å². The molecule has 12 heavy (non-hydrogen) atoms. The molecule has 0 atom stereocenters. The molecule has 4 heteroatoms. The molecule has 0 saturated carbocycles. The minimum atomic E-state index is 0.296. The predicted octanol–water partition coefficient (Wildman–Crippen LogP) is 5.24. The summed E-state index contributed by atoms with van der Waals surface area (Å²) in [6, 6.07) is 0. The lowest BCUT2D eigenvalue weighted by molar-refractivity contribution is 1.44. The van der Waals surface area contributed by atoms with E-state index in [1.54, 1.807) is 0 Å². The van der Waals surface area contributed by atoms with Crippen molar-refractivity contribution in [1.29, 1.82) is 0 Å². The molecule has 0 N–H and O–H groups in total.